The minimum atomic E-state index is -0.456. The summed E-state index contributed by atoms with van der Waals surface area (Å²) >= 11 is 0. The number of rotatable bonds is 8. The molecule has 0 aromatic heterocycles. The Kier molecular flexibility index (Phi) is 6.44. The Labute approximate surface area is 138 Å². The van der Waals surface area contributed by atoms with Gasteiger partial charge in [-0.3, -0.25) is 0 Å². The lowest BCUT2D eigenvalue weighted by Crippen LogP contribution is -2.36. The van der Waals surface area contributed by atoms with Gasteiger partial charge in [0.25, 0.3) is 0 Å². The molecule has 4 nitrogen and oxygen atoms in total. The molecular formula is C19H25NO3. The number of aliphatic hydroxyl groups is 2. The highest BCUT2D eigenvalue weighted by Gasteiger charge is 2.12. The number of hydrogen-bond acceptors (Lipinski definition) is 4. The zero-order chi connectivity index (χ0) is 16.7. The molecule has 2 unspecified atom stereocenters. The van der Waals surface area contributed by atoms with Crippen LogP contribution in [0.25, 0.3) is 0 Å². The zero-order valence-electron chi connectivity index (χ0n) is 13.7. The molecule has 2 aromatic rings. The molecule has 4 heteroatoms. The molecule has 0 radical (unpaired) electrons. The molecular weight excluding hydrogens is 290 g/mol. The average molecular weight is 315 g/mol. The van der Waals surface area contributed by atoms with Crippen molar-refractivity contribution in [3.63, 3.8) is 0 Å². The van der Waals surface area contributed by atoms with Crippen LogP contribution in [0.4, 0.5) is 5.69 Å². The van der Waals surface area contributed by atoms with Crippen LogP contribution in [0.15, 0.2) is 54.6 Å². The predicted octanol–water partition coefficient (Wildman–Crippen LogP) is 2.83. The summed E-state index contributed by atoms with van der Waals surface area (Å²) in [5, 5.41) is 19.2. The Balaban J connectivity index is 1.98. The van der Waals surface area contributed by atoms with Gasteiger partial charge in [0.1, 0.15) is 12.4 Å². The van der Waals surface area contributed by atoms with Crippen LogP contribution in [0, 0.1) is 0 Å². The first kappa shape index (κ1) is 17.3. The van der Waals surface area contributed by atoms with Gasteiger partial charge in [0.15, 0.2) is 0 Å². The first-order valence-electron chi connectivity index (χ1n) is 7.92. The normalized spacial score (nSPS) is 13.4. The van der Waals surface area contributed by atoms with Crippen molar-refractivity contribution in [2.75, 3.05) is 18.0 Å². The van der Waals surface area contributed by atoms with E-state index in [0.717, 1.165) is 17.0 Å². The fourth-order valence-electron chi connectivity index (χ4n) is 2.42. The van der Waals surface area contributed by atoms with Crippen LogP contribution in [0.1, 0.15) is 19.4 Å². The average Bonchev–Trinajstić information content (AvgIpc) is 2.53. The fraction of sp³-hybridized carbons (Fsp3) is 0.368. The van der Waals surface area contributed by atoms with Gasteiger partial charge >= 0.3 is 0 Å². The Morgan fingerprint density at radius 3 is 1.96 bits per heavy atom. The number of anilines is 1. The molecule has 2 atom stereocenters. The van der Waals surface area contributed by atoms with E-state index < -0.39 is 12.2 Å². The number of nitrogens with zero attached hydrogens (tertiary/aromatic N) is 1. The van der Waals surface area contributed by atoms with E-state index in [1.54, 1.807) is 13.8 Å². The molecule has 0 amide bonds. The van der Waals surface area contributed by atoms with Crippen molar-refractivity contribution in [3.05, 3.63) is 60.2 Å². The summed E-state index contributed by atoms with van der Waals surface area (Å²) in [6.07, 6.45) is -0.912. The topological polar surface area (TPSA) is 52.9 Å². The summed E-state index contributed by atoms with van der Waals surface area (Å²) in [7, 11) is 0. The summed E-state index contributed by atoms with van der Waals surface area (Å²) in [5.74, 6) is 0.798. The van der Waals surface area contributed by atoms with E-state index in [0.29, 0.717) is 19.7 Å². The number of ether oxygens (including phenoxy) is 1. The third-order valence-electron chi connectivity index (χ3n) is 3.42. The minimum absolute atomic E-state index is 0.456. The smallest absolute Gasteiger partial charge is 0.119 e. The molecule has 2 N–H and O–H groups in total. The maximum absolute atomic E-state index is 9.61. The van der Waals surface area contributed by atoms with Gasteiger partial charge in [0.05, 0.1) is 12.2 Å². The number of hydrogen-bond donors (Lipinski definition) is 2. The van der Waals surface area contributed by atoms with Crippen LogP contribution >= 0.6 is 0 Å². The van der Waals surface area contributed by atoms with E-state index in [-0.39, 0.29) is 0 Å². The summed E-state index contributed by atoms with van der Waals surface area (Å²) in [4.78, 5) is 1.97. The fourth-order valence-corrected chi connectivity index (χ4v) is 2.42. The molecule has 0 saturated heterocycles. The molecule has 0 spiro atoms. The van der Waals surface area contributed by atoms with Crippen molar-refractivity contribution >= 4 is 5.69 Å². The lowest BCUT2D eigenvalue weighted by Gasteiger charge is -2.27. The molecule has 0 aliphatic carbocycles. The van der Waals surface area contributed by atoms with E-state index in [1.165, 1.54) is 0 Å². The third-order valence-corrected chi connectivity index (χ3v) is 3.42. The SMILES string of the molecule is CC(O)CN(CC(C)O)c1ccc(OCc2ccccc2)cc1. The van der Waals surface area contributed by atoms with Gasteiger partial charge in [-0.05, 0) is 43.7 Å². The van der Waals surface area contributed by atoms with Crippen LogP contribution in [0.5, 0.6) is 5.75 Å². The highest BCUT2D eigenvalue weighted by Crippen LogP contribution is 2.21. The van der Waals surface area contributed by atoms with Gasteiger partial charge in [-0.25, -0.2) is 0 Å². The third kappa shape index (κ3) is 5.93. The van der Waals surface area contributed by atoms with Crippen molar-refractivity contribution in [2.24, 2.45) is 0 Å². The number of benzene rings is 2. The molecule has 0 fully saturated rings. The van der Waals surface area contributed by atoms with Crippen LogP contribution in [-0.4, -0.2) is 35.5 Å². The summed E-state index contributed by atoms with van der Waals surface area (Å²) < 4.78 is 5.77. The number of aliphatic hydroxyl groups excluding tert-OH is 2. The van der Waals surface area contributed by atoms with Gasteiger partial charge in [0, 0.05) is 18.8 Å². The first-order valence-corrected chi connectivity index (χ1v) is 7.92. The van der Waals surface area contributed by atoms with Crippen molar-refractivity contribution in [1.82, 2.24) is 0 Å². The predicted molar refractivity (Wildman–Crippen MR) is 92.8 cm³/mol. The monoisotopic (exact) mass is 315 g/mol. The molecule has 0 aliphatic heterocycles. The molecule has 2 rings (SSSR count). The maximum Gasteiger partial charge on any atom is 0.119 e. The van der Waals surface area contributed by atoms with Crippen molar-refractivity contribution in [2.45, 2.75) is 32.7 Å². The summed E-state index contributed by atoms with van der Waals surface area (Å²) in [6, 6.07) is 17.7. The summed E-state index contributed by atoms with van der Waals surface area (Å²) in [6.45, 7) is 4.98. The standard InChI is InChI=1S/C19H25NO3/c1-15(21)12-20(13-16(2)22)18-8-10-19(11-9-18)23-14-17-6-4-3-5-7-17/h3-11,15-16,21-22H,12-14H2,1-2H3. The van der Waals surface area contributed by atoms with Gasteiger partial charge in [-0.2, -0.15) is 0 Å². The van der Waals surface area contributed by atoms with Gasteiger partial charge in [-0.1, -0.05) is 30.3 Å². The van der Waals surface area contributed by atoms with E-state index >= 15 is 0 Å². The van der Waals surface area contributed by atoms with Gasteiger partial charge in [0.2, 0.25) is 0 Å². The molecule has 2 aromatic carbocycles. The van der Waals surface area contributed by atoms with Gasteiger partial charge in [-0.15, -0.1) is 0 Å². The highest BCUT2D eigenvalue weighted by atomic mass is 16.5. The van der Waals surface area contributed by atoms with Crippen molar-refractivity contribution in [1.29, 1.82) is 0 Å². The molecule has 0 bridgehead atoms. The maximum atomic E-state index is 9.61. The molecule has 0 heterocycles. The van der Waals surface area contributed by atoms with Crippen molar-refractivity contribution in [3.8, 4) is 5.75 Å². The quantitative estimate of drug-likeness (QED) is 0.786. The van der Waals surface area contributed by atoms with Gasteiger partial charge < -0.3 is 19.8 Å². The summed E-state index contributed by atoms with van der Waals surface area (Å²) in [5.41, 5.74) is 2.08. The van der Waals surface area contributed by atoms with E-state index in [2.05, 4.69) is 0 Å². The second-order valence-electron chi connectivity index (χ2n) is 5.87. The minimum Gasteiger partial charge on any atom is -0.489 e. The second kappa shape index (κ2) is 8.56. The Bertz CT molecular complexity index is 557. The lowest BCUT2D eigenvalue weighted by atomic mass is 10.2. The molecule has 124 valence electrons. The Morgan fingerprint density at radius 1 is 0.870 bits per heavy atom. The van der Waals surface area contributed by atoms with Crippen LogP contribution in [0.2, 0.25) is 0 Å². The van der Waals surface area contributed by atoms with Crippen LogP contribution < -0.4 is 9.64 Å². The molecule has 0 aliphatic rings. The van der Waals surface area contributed by atoms with E-state index in [9.17, 15) is 10.2 Å². The van der Waals surface area contributed by atoms with Crippen LogP contribution in [0.3, 0.4) is 0 Å². The highest BCUT2D eigenvalue weighted by molar-refractivity contribution is 5.49. The molecule has 0 saturated carbocycles. The van der Waals surface area contributed by atoms with E-state index in [1.807, 2.05) is 59.5 Å². The first-order chi connectivity index (χ1) is 11.0. The zero-order valence-corrected chi connectivity index (χ0v) is 13.7. The largest absolute Gasteiger partial charge is 0.489 e. The second-order valence-corrected chi connectivity index (χ2v) is 5.87. The van der Waals surface area contributed by atoms with Crippen LogP contribution in [-0.2, 0) is 6.61 Å². The Morgan fingerprint density at radius 2 is 1.43 bits per heavy atom. The molecule has 23 heavy (non-hydrogen) atoms. The Hall–Kier alpha value is -2.04. The lowest BCUT2D eigenvalue weighted by molar-refractivity contribution is 0.178. The van der Waals surface area contributed by atoms with Crippen molar-refractivity contribution < 1.29 is 14.9 Å². The van der Waals surface area contributed by atoms with E-state index in [4.69, 9.17) is 4.74 Å².